The second kappa shape index (κ2) is 12.1. The molecule has 3 heterocycles. The molecule has 1 amide bonds. The number of carbonyl (C=O) groups excluding carboxylic acids is 3. The van der Waals surface area contributed by atoms with Crippen LogP contribution in [0.5, 0.6) is 5.75 Å². The first-order valence-corrected chi connectivity index (χ1v) is 10.2. The molecule has 15 nitrogen and oxygen atoms in total. The first-order valence-electron chi connectivity index (χ1n) is 10.2. The number of rotatable bonds is 7. The van der Waals surface area contributed by atoms with Gasteiger partial charge in [-0.25, -0.2) is 4.79 Å². The van der Waals surface area contributed by atoms with Gasteiger partial charge in [-0.15, -0.1) is 0 Å². The molecule has 2 aromatic rings. The first kappa shape index (κ1) is 27.5. The van der Waals surface area contributed by atoms with Gasteiger partial charge in [0.05, 0.1) is 17.9 Å². The van der Waals surface area contributed by atoms with Crippen molar-refractivity contribution < 1.29 is 39.5 Å². The van der Waals surface area contributed by atoms with E-state index in [0.29, 0.717) is 0 Å². The average Bonchev–Trinajstić information content (AvgIpc) is 3.10. The Morgan fingerprint density at radius 3 is 2.51 bits per heavy atom. The largest absolute Gasteiger partial charge is 0.506 e. The van der Waals surface area contributed by atoms with Crippen molar-refractivity contribution in [2.45, 2.75) is 43.6 Å². The molecule has 15 heteroatoms. The molecule has 0 saturated carbocycles. The molecule has 35 heavy (non-hydrogen) atoms. The second-order valence-corrected chi connectivity index (χ2v) is 7.66. The molecule has 1 saturated heterocycles. The number of aromatic hydroxyl groups is 1. The fourth-order valence-corrected chi connectivity index (χ4v) is 3.35. The lowest BCUT2D eigenvalue weighted by Gasteiger charge is -2.25. The fraction of sp³-hybridized carbons (Fsp3) is 0.450. The summed E-state index contributed by atoms with van der Waals surface area (Å²) in [4.78, 5) is 57.8. The van der Waals surface area contributed by atoms with Crippen LogP contribution < -0.4 is 22.3 Å². The van der Waals surface area contributed by atoms with E-state index < -0.39 is 59.8 Å². The summed E-state index contributed by atoms with van der Waals surface area (Å²) < 4.78 is 6.44. The minimum Gasteiger partial charge on any atom is -0.506 e. The Labute approximate surface area is 196 Å². The molecular formula is C20H25N5O10. The van der Waals surface area contributed by atoms with Crippen LogP contribution in [0, 0.1) is 5.92 Å². The maximum Gasteiger partial charge on any atom is 0.373 e. The number of nitrogens with one attached hydrogen (secondary N) is 2. The predicted octanol–water partition coefficient (Wildman–Crippen LogP) is -3.51. The zero-order valence-electron chi connectivity index (χ0n) is 18.3. The zero-order valence-corrected chi connectivity index (χ0v) is 18.3. The Bertz CT molecular complexity index is 1140. The second-order valence-electron chi connectivity index (χ2n) is 7.66. The molecular weight excluding hydrogens is 470 g/mol. The van der Waals surface area contributed by atoms with E-state index in [0.717, 1.165) is 23.0 Å². The van der Waals surface area contributed by atoms with E-state index in [2.05, 4.69) is 10.3 Å². The fourth-order valence-electron chi connectivity index (χ4n) is 3.35. The number of H-pyrrole nitrogens is 1. The van der Waals surface area contributed by atoms with Crippen LogP contribution in [0.2, 0.25) is 0 Å². The normalized spacial score (nSPS) is 23.8. The Morgan fingerprint density at radius 2 is 1.94 bits per heavy atom. The number of aliphatic hydroxyl groups excluding tert-OH is 3. The lowest BCUT2D eigenvalue weighted by atomic mass is 9.93. The summed E-state index contributed by atoms with van der Waals surface area (Å²) in [5.41, 5.74) is 4.72. The number of aromatic nitrogens is 3. The molecule has 0 aliphatic carbocycles. The van der Waals surface area contributed by atoms with Crippen LogP contribution in [-0.2, 0) is 19.1 Å². The van der Waals surface area contributed by atoms with Crippen LogP contribution in [0.1, 0.15) is 24.9 Å². The molecule has 0 bridgehead atoms. The molecule has 7 atom stereocenters. The maximum absolute atomic E-state index is 12.5. The van der Waals surface area contributed by atoms with Crippen molar-refractivity contribution in [1.29, 1.82) is 0 Å². The Hall–Kier alpha value is -3.72. The number of nitrogens with zero attached hydrogens (tertiary/aromatic N) is 2. The highest BCUT2D eigenvalue weighted by molar-refractivity contribution is 5.81. The minimum atomic E-state index is -1.49. The lowest BCUT2D eigenvalue weighted by Crippen LogP contribution is -2.49. The molecule has 1 aliphatic rings. The van der Waals surface area contributed by atoms with Crippen molar-refractivity contribution in [3.63, 3.8) is 0 Å². The van der Waals surface area contributed by atoms with Crippen molar-refractivity contribution in [2.75, 3.05) is 6.54 Å². The smallest absolute Gasteiger partial charge is 0.373 e. The average molecular weight is 495 g/mol. The van der Waals surface area contributed by atoms with Crippen molar-refractivity contribution in [1.82, 2.24) is 19.9 Å². The summed E-state index contributed by atoms with van der Waals surface area (Å²) >= 11 is 0. The Kier molecular flexibility index (Phi) is 9.53. The van der Waals surface area contributed by atoms with Crippen LogP contribution in [0.25, 0.3) is 0 Å². The van der Waals surface area contributed by atoms with E-state index >= 15 is 0 Å². The van der Waals surface area contributed by atoms with Crippen LogP contribution in [-0.4, -0.2) is 77.9 Å². The molecule has 1 fully saturated rings. The van der Waals surface area contributed by atoms with E-state index in [1.807, 2.05) is 4.98 Å². The summed E-state index contributed by atoms with van der Waals surface area (Å²) in [5, 5.41) is 42.7. The molecule has 1 aliphatic heterocycles. The highest BCUT2D eigenvalue weighted by Gasteiger charge is 2.44. The van der Waals surface area contributed by atoms with Gasteiger partial charge < -0.3 is 36.2 Å². The third-order valence-corrected chi connectivity index (χ3v) is 5.38. The van der Waals surface area contributed by atoms with Gasteiger partial charge in [0.15, 0.2) is 6.23 Å². The number of aromatic amines is 1. The first-order chi connectivity index (χ1) is 16.5. The van der Waals surface area contributed by atoms with E-state index in [1.54, 1.807) is 6.92 Å². The van der Waals surface area contributed by atoms with E-state index in [1.165, 1.54) is 12.1 Å². The van der Waals surface area contributed by atoms with Crippen molar-refractivity contribution >= 4 is 12.1 Å². The third kappa shape index (κ3) is 6.66. The van der Waals surface area contributed by atoms with Gasteiger partial charge >= 0.3 is 11.8 Å². The van der Waals surface area contributed by atoms with Gasteiger partial charge in [0.1, 0.15) is 30.2 Å². The van der Waals surface area contributed by atoms with Crippen LogP contribution in [0.3, 0.4) is 0 Å². The summed E-state index contributed by atoms with van der Waals surface area (Å²) in [6, 6.07) is 2.66. The monoisotopic (exact) mass is 495 g/mol. The number of ether oxygens (including phenoxy) is 1. The molecule has 3 rings (SSSR count). The maximum atomic E-state index is 12.5. The number of aliphatic hydroxyl groups is 3. The summed E-state index contributed by atoms with van der Waals surface area (Å²) in [5.74, 6) is -1.47. The zero-order chi connectivity index (χ0) is 26.3. The number of hydrogen-bond acceptors (Lipinski definition) is 12. The van der Waals surface area contributed by atoms with Gasteiger partial charge in [0.2, 0.25) is 5.91 Å². The van der Waals surface area contributed by atoms with Gasteiger partial charge in [-0.05, 0) is 12.1 Å². The standard InChI is InChI=1S/C19H25N5O8.CO2/c1-8(14(27)10-3-2-9(25)6-21-10)13(20)17(30)22-7-11-15(28)16(29)18(32-11)24-5-4-12(26)23-19(24)31;2-1-3/h2-6,8,11,13-16,18,25,27-29H,7,20H2,1H3,(H,22,30)(H,23,26,31);/t8-,11+,13-,14-,15?,16?,18+;/m0./s1. The van der Waals surface area contributed by atoms with Gasteiger partial charge in [0.25, 0.3) is 5.56 Å². The molecule has 0 radical (unpaired) electrons. The SMILES string of the molecule is C[C@@H]([C@H](N)C(=O)NC[C@H]1O[C@@H](n2ccc(=O)[nH]c2=O)C(O)C1O)[C@H](O)c1ccc(O)cn1.O=C=O. The van der Waals surface area contributed by atoms with Crippen LogP contribution in [0.15, 0.2) is 40.2 Å². The Balaban J connectivity index is 0.00000137. The molecule has 190 valence electrons. The van der Waals surface area contributed by atoms with Gasteiger partial charge in [-0.1, -0.05) is 6.92 Å². The van der Waals surface area contributed by atoms with Gasteiger partial charge in [-0.3, -0.25) is 24.1 Å². The molecule has 2 aromatic heterocycles. The lowest BCUT2D eigenvalue weighted by molar-refractivity contribution is -0.191. The molecule has 8 N–H and O–H groups in total. The Morgan fingerprint density at radius 1 is 1.29 bits per heavy atom. The van der Waals surface area contributed by atoms with Gasteiger partial charge in [0, 0.05) is 24.7 Å². The third-order valence-electron chi connectivity index (χ3n) is 5.38. The number of pyridine rings is 1. The van der Waals surface area contributed by atoms with E-state index in [4.69, 9.17) is 20.1 Å². The van der Waals surface area contributed by atoms with E-state index in [-0.39, 0.29) is 24.1 Å². The minimum absolute atomic E-state index is 0.0737. The summed E-state index contributed by atoms with van der Waals surface area (Å²) in [6.45, 7) is 1.31. The molecule has 0 spiro atoms. The van der Waals surface area contributed by atoms with Gasteiger partial charge in [-0.2, -0.15) is 9.59 Å². The molecule has 0 aromatic carbocycles. The van der Waals surface area contributed by atoms with Crippen molar-refractivity contribution in [3.8, 4) is 5.75 Å². The molecule has 2 unspecified atom stereocenters. The van der Waals surface area contributed by atoms with Crippen molar-refractivity contribution in [2.24, 2.45) is 11.7 Å². The van der Waals surface area contributed by atoms with Crippen molar-refractivity contribution in [3.05, 3.63) is 57.1 Å². The van der Waals surface area contributed by atoms with E-state index in [9.17, 15) is 34.8 Å². The number of amides is 1. The highest BCUT2D eigenvalue weighted by Crippen LogP contribution is 2.28. The number of nitrogens with two attached hydrogens (primary N) is 1. The number of carbonyl (C=O) groups is 1. The van der Waals surface area contributed by atoms with Crippen LogP contribution >= 0.6 is 0 Å². The number of hydrogen-bond donors (Lipinski definition) is 7. The predicted molar refractivity (Wildman–Crippen MR) is 113 cm³/mol. The van der Waals surface area contributed by atoms with Crippen LogP contribution in [0.4, 0.5) is 0 Å². The highest BCUT2D eigenvalue weighted by atomic mass is 16.6. The quantitative estimate of drug-likeness (QED) is 0.198. The topological polar surface area (TPSA) is 247 Å². The summed E-state index contributed by atoms with van der Waals surface area (Å²) in [6.07, 6.45) is -3.90. The summed E-state index contributed by atoms with van der Waals surface area (Å²) in [7, 11) is 0.